The highest BCUT2D eigenvalue weighted by Gasteiger charge is 1.94. The van der Waals surface area contributed by atoms with Crippen LogP contribution in [0, 0.1) is 13.8 Å². The van der Waals surface area contributed by atoms with Crippen molar-refractivity contribution in [3.8, 4) is 0 Å². The van der Waals surface area contributed by atoms with Crippen molar-refractivity contribution >= 4 is 11.9 Å². The van der Waals surface area contributed by atoms with Crippen molar-refractivity contribution in [2.75, 3.05) is 5.73 Å². The molecule has 0 fully saturated rings. The summed E-state index contributed by atoms with van der Waals surface area (Å²) < 4.78 is 0. The van der Waals surface area contributed by atoms with E-state index in [-0.39, 0.29) is 0 Å². The smallest absolute Gasteiger partial charge is 0.126 e. The highest BCUT2D eigenvalue weighted by atomic mass is 14.8. The fourth-order valence-corrected chi connectivity index (χ4v) is 1.24. The molecule has 1 heterocycles. The topological polar surface area (TPSA) is 38.9 Å². The second-order valence-corrected chi connectivity index (χ2v) is 3.75. The van der Waals surface area contributed by atoms with Gasteiger partial charge in [0.25, 0.3) is 0 Å². The van der Waals surface area contributed by atoms with Gasteiger partial charge < -0.3 is 5.73 Å². The van der Waals surface area contributed by atoms with Crippen LogP contribution in [-0.2, 0) is 0 Å². The van der Waals surface area contributed by atoms with Gasteiger partial charge in [-0.05, 0) is 36.6 Å². The Morgan fingerprint density at radius 2 is 1.76 bits per heavy atom. The minimum Gasteiger partial charge on any atom is -0.383 e. The van der Waals surface area contributed by atoms with E-state index in [4.69, 9.17) is 5.73 Å². The minimum atomic E-state index is 0.634. The van der Waals surface area contributed by atoms with Crippen LogP contribution in [-0.4, -0.2) is 4.98 Å². The minimum absolute atomic E-state index is 0.634. The molecule has 0 aliphatic carbocycles. The summed E-state index contributed by atoms with van der Waals surface area (Å²) >= 11 is 0. The number of hydrogen-bond acceptors (Lipinski definition) is 2. The third kappa shape index (κ3) is 4.11. The van der Waals surface area contributed by atoms with E-state index < -0.39 is 0 Å². The Hall–Kier alpha value is -2.09. The molecule has 88 valence electrons. The summed E-state index contributed by atoms with van der Waals surface area (Å²) in [6.07, 6.45) is 3.55. The van der Waals surface area contributed by atoms with Crippen molar-refractivity contribution in [3.05, 3.63) is 65.9 Å². The van der Waals surface area contributed by atoms with Crippen LogP contribution in [0.4, 0.5) is 5.82 Å². The predicted octanol–water partition coefficient (Wildman–Crippen LogP) is 3.61. The number of aromatic nitrogens is 1. The van der Waals surface area contributed by atoms with E-state index in [1.54, 1.807) is 6.20 Å². The molecule has 0 radical (unpaired) electrons. The van der Waals surface area contributed by atoms with E-state index in [9.17, 15) is 0 Å². The molecule has 2 N–H and O–H groups in total. The van der Waals surface area contributed by atoms with Crippen LogP contribution in [0.5, 0.6) is 0 Å². The Labute approximate surface area is 103 Å². The van der Waals surface area contributed by atoms with Gasteiger partial charge in [-0.1, -0.05) is 43.0 Å². The van der Waals surface area contributed by atoms with Crippen molar-refractivity contribution < 1.29 is 0 Å². The van der Waals surface area contributed by atoms with Gasteiger partial charge in [0.1, 0.15) is 5.82 Å². The summed E-state index contributed by atoms with van der Waals surface area (Å²) in [7, 11) is 0. The van der Waals surface area contributed by atoms with Gasteiger partial charge >= 0.3 is 0 Å². The molecule has 0 aliphatic heterocycles. The number of aryl methyl sites for hydroxylation is 1. The number of anilines is 1. The first-order valence-electron chi connectivity index (χ1n) is 5.50. The third-order valence-corrected chi connectivity index (χ3v) is 2.55. The molecule has 0 atom stereocenters. The van der Waals surface area contributed by atoms with Gasteiger partial charge in [0.05, 0.1) is 0 Å². The van der Waals surface area contributed by atoms with Gasteiger partial charge in [0.15, 0.2) is 0 Å². The maximum atomic E-state index is 5.51. The van der Waals surface area contributed by atoms with E-state index in [0.717, 1.165) is 5.56 Å². The summed E-state index contributed by atoms with van der Waals surface area (Å²) in [5.41, 5.74) is 8.96. The van der Waals surface area contributed by atoms with Crippen LogP contribution in [0.2, 0.25) is 0 Å². The van der Waals surface area contributed by atoms with E-state index in [1.807, 2.05) is 56.3 Å². The van der Waals surface area contributed by atoms with E-state index in [1.165, 1.54) is 11.1 Å². The normalized spacial score (nSPS) is 9.06. The standard InChI is InChI=1S/C8H8.C7H10N2/c1-2-8-6-4-3-5-7-8;1-5-3-4-9-7(8)6(5)2/h2-7H,1H2;3-4H,1-2H3,(H2,8,9). The molecule has 0 aliphatic rings. The number of benzene rings is 1. The molecule has 0 unspecified atom stereocenters. The highest BCUT2D eigenvalue weighted by molar-refractivity contribution is 5.45. The average Bonchev–Trinajstić information content (AvgIpc) is 2.37. The first-order valence-corrected chi connectivity index (χ1v) is 5.50. The summed E-state index contributed by atoms with van der Waals surface area (Å²) in [6.45, 7) is 7.62. The van der Waals surface area contributed by atoms with Crippen molar-refractivity contribution in [1.29, 1.82) is 0 Å². The number of hydrogen-bond donors (Lipinski definition) is 1. The lowest BCUT2D eigenvalue weighted by atomic mass is 10.2. The second kappa shape index (κ2) is 6.48. The van der Waals surface area contributed by atoms with Crippen LogP contribution in [0.15, 0.2) is 49.2 Å². The first-order chi connectivity index (χ1) is 8.15. The zero-order valence-electron chi connectivity index (χ0n) is 10.4. The Bertz CT molecular complexity index is 455. The van der Waals surface area contributed by atoms with Crippen molar-refractivity contribution in [2.24, 2.45) is 0 Å². The Balaban J connectivity index is 0.000000171. The summed E-state index contributed by atoms with van der Waals surface area (Å²) in [4.78, 5) is 3.92. The highest BCUT2D eigenvalue weighted by Crippen LogP contribution is 2.09. The van der Waals surface area contributed by atoms with E-state index in [2.05, 4.69) is 11.6 Å². The number of nitrogens with two attached hydrogens (primary N) is 1. The monoisotopic (exact) mass is 226 g/mol. The Morgan fingerprint density at radius 1 is 1.12 bits per heavy atom. The molecular formula is C15H18N2. The Morgan fingerprint density at radius 3 is 2.18 bits per heavy atom. The maximum Gasteiger partial charge on any atom is 0.126 e. The van der Waals surface area contributed by atoms with Crippen molar-refractivity contribution in [2.45, 2.75) is 13.8 Å². The zero-order valence-corrected chi connectivity index (χ0v) is 10.4. The lowest BCUT2D eigenvalue weighted by Gasteiger charge is -1.99. The van der Waals surface area contributed by atoms with Gasteiger partial charge in [-0.2, -0.15) is 0 Å². The summed E-state index contributed by atoms with van der Waals surface area (Å²) in [5.74, 6) is 0.634. The van der Waals surface area contributed by atoms with Crippen LogP contribution in [0.3, 0.4) is 0 Å². The number of nitrogens with zero attached hydrogens (tertiary/aromatic N) is 1. The van der Waals surface area contributed by atoms with Crippen molar-refractivity contribution in [3.63, 3.8) is 0 Å². The van der Waals surface area contributed by atoms with Gasteiger partial charge in [0, 0.05) is 6.20 Å². The second-order valence-electron chi connectivity index (χ2n) is 3.75. The molecule has 2 nitrogen and oxygen atoms in total. The SMILES string of the molecule is C=Cc1ccccc1.Cc1ccnc(N)c1C. The van der Waals surface area contributed by atoms with Gasteiger partial charge in [-0.25, -0.2) is 4.98 Å². The van der Waals surface area contributed by atoms with Crippen LogP contribution in [0.25, 0.3) is 6.08 Å². The Kier molecular flexibility index (Phi) is 4.95. The predicted molar refractivity (Wildman–Crippen MR) is 74.7 cm³/mol. The quantitative estimate of drug-likeness (QED) is 0.806. The molecule has 17 heavy (non-hydrogen) atoms. The molecule has 1 aromatic carbocycles. The van der Waals surface area contributed by atoms with Gasteiger partial charge in [0.2, 0.25) is 0 Å². The lowest BCUT2D eigenvalue weighted by Crippen LogP contribution is -1.94. The molecular weight excluding hydrogens is 208 g/mol. The molecule has 2 aromatic rings. The molecule has 1 aromatic heterocycles. The molecule has 2 rings (SSSR count). The molecule has 0 bridgehead atoms. The fourth-order valence-electron chi connectivity index (χ4n) is 1.24. The zero-order chi connectivity index (χ0) is 12.7. The first kappa shape index (κ1) is 13.0. The van der Waals surface area contributed by atoms with Crippen LogP contribution >= 0.6 is 0 Å². The molecule has 0 saturated carbocycles. The summed E-state index contributed by atoms with van der Waals surface area (Å²) in [6, 6.07) is 12.0. The largest absolute Gasteiger partial charge is 0.383 e. The van der Waals surface area contributed by atoms with Crippen LogP contribution in [0.1, 0.15) is 16.7 Å². The molecule has 0 spiro atoms. The fraction of sp³-hybridized carbons (Fsp3) is 0.133. The number of rotatable bonds is 1. The van der Waals surface area contributed by atoms with E-state index >= 15 is 0 Å². The maximum absolute atomic E-state index is 5.51. The molecule has 0 saturated heterocycles. The number of nitrogen functional groups attached to an aromatic ring is 1. The number of pyridine rings is 1. The van der Waals surface area contributed by atoms with Crippen LogP contribution < -0.4 is 5.73 Å². The third-order valence-electron chi connectivity index (χ3n) is 2.55. The van der Waals surface area contributed by atoms with Gasteiger partial charge in [-0.3, -0.25) is 0 Å². The molecule has 0 amide bonds. The summed E-state index contributed by atoms with van der Waals surface area (Å²) in [5, 5.41) is 0. The van der Waals surface area contributed by atoms with Crippen molar-refractivity contribution in [1.82, 2.24) is 4.98 Å². The average molecular weight is 226 g/mol. The van der Waals surface area contributed by atoms with Gasteiger partial charge in [-0.15, -0.1) is 0 Å². The lowest BCUT2D eigenvalue weighted by molar-refractivity contribution is 1.23. The van der Waals surface area contributed by atoms with E-state index in [0.29, 0.717) is 5.82 Å². The molecule has 2 heteroatoms.